The van der Waals surface area contributed by atoms with Gasteiger partial charge in [0, 0.05) is 10.9 Å². The van der Waals surface area contributed by atoms with E-state index in [2.05, 4.69) is 10.3 Å². The molecule has 0 radical (unpaired) electrons. The van der Waals surface area contributed by atoms with E-state index in [4.69, 9.17) is 13.9 Å². The molecule has 0 aliphatic carbocycles. The zero-order chi connectivity index (χ0) is 19.1. The van der Waals surface area contributed by atoms with E-state index >= 15 is 0 Å². The Bertz CT molecular complexity index is 904. The third kappa shape index (κ3) is 5.18. The molecule has 1 N–H and O–H groups in total. The van der Waals surface area contributed by atoms with Crippen LogP contribution in [0.25, 0.3) is 0 Å². The molecule has 27 heavy (non-hydrogen) atoms. The molecule has 0 bridgehead atoms. The minimum absolute atomic E-state index is 0.0666. The Morgan fingerprint density at radius 2 is 2.04 bits per heavy atom. The van der Waals surface area contributed by atoms with Crippen molar-refractivity contribution in [2.75, 3.05) is 11.9 Å². The van der Waals surface area contributed by atoms with Gasteiger partial charge < -0.3 is 13.9 Å². The molecule has 0 saturated heterocycles. The van der Waals surface area contributed by atoms with Crippen molar-refractivity contribution < 1.29 is 23.5 Å². The molecule has 0 unspecified atom stereocenters. The number of amides is 1. The summed E-state index contributed by atoms with van der Waals surface area (Å²) in [4.78, 5) is 28.2. The molecule has 7 nitrogen and oxygen atoms in total. The number of nitrogens with one attached hydrogen (secondary N) is 1. The highest BCUT2D eigenvalue weighted by atomic mass is 32.1. The summed E-state index contributed by atoms with van der Waals surface area (Å²) >= 11 is 1.23. The maximum atomic E-state index is 12.5. The van der Waals surface area contributed by atoms with Crippen LogP contribution in [0.5, 0.6) is 5.75 Å². The molecule has 3 aromatic rings. The number of carbonyl (C=O) groups is 2. The van der Waals surface area contributed by atoms with Gasteiger partial charge in [-0.1, -0.05) is 18.2 Å². The lowest BCUT2D eigenvalue weighted by atomic mass is 10.2. The number of para-hydroxylation sites is 1. The van der Waals surface area contributed by atoms with Gasteiger partial charge in [-0.25, -0.2) is 4.98 Å². The van der Waals surface area contributed by atoms with E-state index in [-0.39, 0.29) is 24.8 Å². The highest BCUT2D eigenvalue weighted by molar-refractivity contribution is 7.14. The highest BCUT2D eigenvalue weighted by Gasteiger charge is 2.18. The van der Waals surface area contributed by atoms with Crippen LogP contribution >= 0.6 is 11.3 Å². The lowest BCUT2D eigenvalue weighted by Gasteiger charge is -2.06. The van der Waals surface area contributed by atoms with Gasteiger partial charge in [0.05, 0.1) is 25.0 Å². The number of aromatic nitrogens is 1. The van der Waals surface area contributed by atoms with Gasteiger partial charge in [-0.15, -0.1) is 11.3 Å². The predicted octanol–water partition coefficient (Wildman–Crippen LogP) is 3.67. The molecular formula is C19H18N2O5S. The summed E-state index contributed by atoms with van der Waals surface area (Å²) in [5.74, 6) is 0.0809. The largest absolute Gasteiger partial charge is 0.489 e. The van der Waals surface area contributed by atoms with Crippen LogP contribution in [-0.2, 0) is 22.6 Å². The smallest absolute Gasteiger partial charge is 0.311 e. The van der Waals surface area contributed by atoms with Crippen LogP contribution in [-0.4, -0.2) is 23.5 Å². The Hall–Kier alpha value is -3.13. The average Bonchev–Trinajstić information content (AvgIpc) is 3.30. The monoisotopic (exact) mass is 386 g/mol. The number of ether oxygens (including phenoxy) is 2. The number of rotatable bonds is 8. The first-order valence-electron chi connectivity index (χ1n) is 8.31. The van der Waals surface area contributed by atoms with Crippen LogP contribution in [0.2, 0.25) is 0 Å². The Kier molecular flexibility index (Phi) is 6.22. The van der Waals surface area contributed by atoms with Crippen molar-refractivity contribution in [3.63, 3.8) is 0 Å². The second kappa shape index (κ2) is 9.00. The second-order valence-electron chi connectivity index (χ2n) is 5.46. The van der Waals surface area contributed by atoms with Crippen LogP contribution in [0.4, 0.5) is 5.13 Å². The summed E-state index contributed by atoms with van der Waals surface area (Å²) in [6.45, 7) is 2.27. The Morgan fingerprint density at radius 1 is 1.22 bits per heavy atom. The van der Waals surface area contributed by atoms with Crippen molar-refractivity contribution >= 4 is 28.3 Å². The maximum Gasteiger partial charge on any atom is 0.311 e. The number of benzene rings is 1. The van der Waals surface area contributed by atoms with Crippen LogP contribution in [0, 0.1) is 0 Å². The number of thiazole rings is 1. The molecule has 2 heterocycles. The zero-order valence-corrected chi connectivity index (χ0v) is 15.5. The van der Waals surface area contributed by atoms with Gasteiger partial charge in [0.1, 0.15) is 12.4 Å². The number of nitrogens with zero attached hydrogens (tertiary/aromatic N) is 1. The molecule has 0 spiro atoms. The molecule has 0 atom stereocenters. The first-order chi connectivity index (χ1) is 13.2. The molecule has 3 rings (SSSR count). The van der Waals surface area contributed by atoms with E-state index in [9.17, 15) is 9.59 Å². The maximum absolute atomic E-state index is 12.5. The van der Waals surface area contributed by atoms with E-state index in [0.29, 0.717) is 28.7 Å². The second-order valence-corrected chi connectivity index (χ2v) is 6.31. The number of furan rings is 1. The SMILES string of the molecule is CCOC(=O)Cc1csc(NC(=O)c2occc2COc2ccccc2)n1. The number of anilines is 1. The molecule has 1 amide bonds. The quantitative estimate of drug-likeness (QED) is 0.594. The Labute approximate surface area is 159 Å². The van der Waals surface area contributed by atoms with E-state index in [0.717, 1.165) is 0 Å². The van der Waals surface area contributed by atoms with Gasteiger partial charge >= 0.3 is 5.97 Å². The zero-order valence-electron chi connectivity index (χ0n) is 14.6. The van der Waals surface area contributed by atoms with Gasteiger partial charge in [-0.3, -0.25) is 14.9 Å². The van der Waals surface area contributed by atoms with Crippen LogP contribution in [0.3, 0.4) is 0 Å². The third-order valence-corrected chi connectivity index (χ3v) is 4.30. The van der Waals surface area contributed by atoms with Gasteiger partial charge in [-0.2, -0.15) is 0 Å². The summed E-state index contributed by atoms with van der Waals surface area (Å²) in [5, 5.41) is 4.76. The van der Waals surface area contributed by atoms with Crippen LogP contribution in [0.1, 0.15) is 28.7 Å². The lowest BCUT2D eigenvalue weighted by Crippen LogP contribution is -2.14. The van der Waals surface area contributed by atoms with E-state index in [1.807, 2.05) is 30.3 Å². The van der Waals surface area contributed by atoms with Crippen molar-refractivity contribution in [3.05, 3.63) is 65.1 Å². The molecule has 2 aromatic heterocycles. The fourth-order valence-electron chi connectivity index (χ4n) is 2.29. The summed E-state index contributed by atoms with van der Waals surface area (Å²) in [6, 6.07) is 11.0. The molecule has 0 aliphatic heterocycles. The molecule has 8 heteroatoms. The molecule has 1 aromatic carbocycles. The standard InChI is InChI=1S/C19H18N2O5S/c1-2-24-16(22)10-14-12-27-19(20-14)21-18(23)17-13(8-9-25-17)11-26-15-6-4-3-5-7-15/h3-9,12H,2,10-11H2,1H3,(H,20,21,23). The van der Waals surface area contributed by atoms with E-state index in [1.54, 1.807) is 18.4 Å². The van der Waals surface area contributed by atoms with Crippen molar-refractivity contribution in [3.8, 4) is 5.75 Å². The van der Waals surface area contributed by atoms with Gasteiger partial charge in [0.2, 0.25) is 0 Å². The van der Waals surface area contributed by atoms with E-state index < -0.39 is 5.91 Å². The van der Waals surface area contributed by atoms with Gasteiger partial charge in [0.15, 0.2) is 10.9 Å². The van der Waals surface area contributed by atoms with Crippen molar-refractivity contribution in [2.45, 2.75) is 20.0 Å². The molecule has 140 valence electrons. The first kappa shape index (κ1) is 18.7. The van der Waals surface area contributed by atoms with Gasteiger partial charge in [0.25, 0.3) is 5.91 Å². The fraction of sp³-hybridized carbons (Fsp3) is 0.211. The Morgan fingerprint density at radius 3 is 2.81 bits per heavy atom. The normalized spacial score (nSPS) is 10.4. The Balaban J connectivity index is 1.59. The minimum Gasteiger partial charge on any atom is -0.489 e. The lowest BCUT2D eigenvalue weighted by molar-refractivity contribution is -0.142. The average molecular weight is 386 g/mol. The van der Waals surface area contributed by atoms with Gasteiger partial charge in [-0.05, 0) is 25.1 Å². The topological polar surface area (TPSA) is 90.7 Å². The summed E-state index contributed by atoms with van der Waals surface area (Å²) in [5.41, 5.74) is 1.17. The van der Waals surface area contributed by atoms with Crippen LogP contribution in [0.15, 0.2) is 52.5 Å². The summed E-state index contributed by atoms with van der Waals surface area (Å²) in [7, 11) is 0. The predicted molar refractivity (Wildman–Crippen MR) is 99.9 cm³/mol. The van der Waals surface area contributed by atoms with Crippen molar-refractivity contribution in [2.24, 2.45) is 0 Å². The van der Waals surface area contributed by atoms with E-state index in [1.165, 1.54) is 17.6 Å². The highest BCUT2D eigenvalue weighted by Crippen LogP contribution is 2.20. The number of carbonyl (C=O) groups excluding carboxylic acids is 2. The summed E-state index contributed by atoms with van der Waals surface area (Å²) in [6.07, 6.45) is 1.50. The van der Waals surface area contributed by atoms with Crippen molar-refractivity contribution in [1.29, 1.82) is 0 Å². The number of hydrogen-bond donors (Lipinski definition) is 1. The van der Waals surface area contributed by atoms with Crippen LogP contribution < -0.4 is 10.1 Å². The molecule has 0 fully saturated rings. The number of hydrogen-bond acceptors (Lipinski definition) is 7. The fourth-order valence-corrected chi connectivity index (χ4v) is 2.99. The minimum atomic E-state index is -0.427. The molecule has 0 aliphatic rings. The van der Waals surface area contributed by atoms with Crippen molar-refractivity contribution in [1.82, 2.24) is 4.98 Å². The molecule has 0 saturated carbocycles. The molecular weight excluding hydrogens is 368 g/mol. The third-order valence-electron chi connectivity index (χ3n) is 3.49. The number of esters is 1. The summed E-state index contributed by atoms with van der Waals surface area (Å²) < 4.78 is 15.8. The first-order valence-corrected chi connectivity index (χ1v) is 9.19.